The minimum absolute atomic E-state index is 0.0430. The number of hydrogen-bond acceptors (Lipinski definition) is 4. The number of benzene rings is 1. The van der Waals surface area contributed by atoms with Gasteiger partial charge >= 0.3 is 0 Å². The first kappa shape index (κ1) is 18.3. The standard InChI is InChI=1S/C23H25N3O2/c1-13(2)21-8-16-7-19(17-10-24-25-11-17)23(28-5)9-18(16)22-6-14(3)20(15(4)27)12-26(21)22/h6-7,9-13,21H,3,8H2,1-2,4-5H3,(H,24,25). The highest BCUT2D eigenvalue weighted by Gasteiger charge is 2.34. The topological polar surface area (TPSA) is 58.2 Å². The number of nitrogens with zero attached hydrogens (tertiary/aromatic N) is 2. The minimum atomic E-state index is 0.0430. The molecule has 0 fully saturated rings. The van der Waals surface area contributed by atoms with Crippen LogP contribution < -0.4 is 4.74 Å². The van der Waals surface area contributed by atoms with E-state index < -0.39 is 0 Å². The van der Waals surface area contributed by atoms with Crippen LogP contribution in [0.3, 0.4) is 0 Å². The Balaban J connectivity index is 1.90. The van der Waals surface area contributed by atoms with Crippen LogP contribution in [0.4, 0.5) is 0 Å². The molecule has 1 unspecified atom stereocenters. The van der Waals surface area contributed by atoms with E-state index >= 15 is 0 Å². The van der Waals surface area contributed by atoms with Gasteiger partial charge in [-0.2, -0.15) is 5.10 Å². The van der Waals surface area contributed by atoms with E-state index in [0.717, 1.165) is 40.1 Å². The molecule has 3 heterocycles. The Morgan fingerprint density at radius 1 is 1.36 bits per heavy atom. The molecule has 5 nitrogen and oxygen atoms in total. The molecule has 0 bridgehead atoms. The number of rotatable bonds is 4. The van der Waals surface area contributed by atoms with Gasteiger partial charge in [-0.15, -0.1) is 0 Å². The maximum atomic E-state index is 12.1. The van der Waals surface area contributed by atoms with E-state index in [2.05, 4.69) is 47.7 Å². The van der Waals surface area contributed by atoms with Crippen molar-refractivity contribution in [2.75, 3.05) is 7.11 Å². The molecule has 0 aliphatic carbocycles. The minimum Gasteiger partial charge on any atom is -0.496 e. The second-order valence-electron chi connectivity index (χ2n) is 7.77. The Morgan fingerprint density at radius 2 is 2.14 bits per heavy atom. The van der Waals surface area contributed by atoms with Crippen molar-refractivity contribution in [2.45, 2.75) is 33.2 Å². The Kier molecular flexibility index (Phi) is 4.46. The van der Waals surface area contributed by atoms with Gasteiger partial charge in [-0.25, -0.2) is 0 Å². The molecule has 5 heteroatoms. The van der Waals surface area contributed by atoms with Crippen LogP contribution in [-0.2, 0) is 11.2 Å². The summed E-state index contributed by atoms with van der Waals surface area (Å²) in [6, 6.07) is 4.57. The molecular weight excluding hydrogens is 350 g/mol. The summed E-state index contributed by atoms with van der Waals surface area (Å²) < 4.78 is 5.70. The van der Waals surface area contributed by atoms with E-state index in [1.807, 2.05) is 24.7 Å². The van der Waals surface area contributed by atoms with Crippen molar-refractivity contribution in [3.63, 3.8) is 0 Å². The highest BCUT2D eigenvalue weighted by molar-refractivity contribution is 6.00. The molecule has 144 valence electrons. The molecule has 1 atom stereocenters. The third-order valence-electron chi connectivity index (χ3n) is 5.65. The molecule has 0 spiro atoms. The fourth-order valence-electron chi connectivity index (χ4n) is 4.12. The van der Waals surface area contributed by atoms with Gasteiger partial charge in [0.05, 0.1) is 13.3 Å². The molecule has 1 N–H and O–H groups in total. The number of H-pyrrole nitrogens is 1. The summed E-state index contributed by atoms with van der Waals surface area (Å²) in [4.78, 5) is 14.3. The Bertz CT molecular complexity index is 1010. The van der Waals surface area contributed by atoms with Crippen molar-refractivity contribution in [1.82, 2.24) is 15.1 Å². The highest BCUT2D eigenvalue weighted by Crippen LogP contribution is 2.43. The van der Waals surface area contributed by atoms with Crippen LogP contribution in [-0.4, -0.2) is 34.0 Å². The fourth-order valence-corrected chi connectivity index (χ4v) is 4.12. The lowest BCUT2D eigenvalue weighted by Gasteiger charge is -2.43. The molecular formula is C23H25N3O2. The second-order valence-corrected chi connectivity index (χ2v) is 7.77. The van der Waals surface area contributed by atoms with Crippen molar-refractivity contribution < 1.29 is 9.53 Å². The number of ether oxygens (including phenoxy) is 1. The zero-order chi connectivity index (χ0) is 20.0. The van der Waals surface area contributed by atoms with Crippen molar-refractivity contribution in [3.05, 3.63) is 65.7 Å². The molecule has 2 aromatic rings. The molecule has 2 aliphatic rings. The number of aromatic amines is 1. The maximum Gasteiger partial charge on any atom is 0.161 e. The molecule has 4 rings (SSSR count). The van der Waals surface area contributed by atoms with Crippen LogP contribution in [0.15, 0.2) is 54.5 Å². The number of Topliss-reactive ketones (excluding diaryl/α,β-unsaturated/α-hetero) is 1. The molecule has 0 amide bonds. The van der Waals surface area contributed by atoms with Crippen LogP contribution >= 0.6 is 0 Å². The van der Waals surface area contributed by atoms with E-state index in [1.165, 1.54) is 5.56 Å². The summed E-state index contributed by atoms with van der Waals surface area (Å²) in [6.45, 7) is 10.2. The van der Waals surface area contributed by atoms with E-state index in [-0.39, 0.29) is 11.8 Å². The van der Waals surface area contributed by atoms with Crippen molar-refractivity contribution in [2.24, 2.45) is 5.92 Å². The van der Waals surface area contributed by atoms with Crippen LogP contribution in [0.25, 0.3) is 16.8 Å². The van der Waals surface area contributed by atoms with Gasteiger partial charge < -0.3 is 9.64 Å². The third kappa shape index (κ3) is 2.87. The fraction of sp³-hybridized carbons (Fsp3) is 0.304. The monoisotopic (exact) mass is 375 g/mol. The van der Waals surface area contributed by atoms with Crippen LogP contribution in [0.1, 0.15) is 31.9 Å². The first-order chi connectivity index (χ1) is 13.4. The third-order valence-corrected chi connectivity index (χ3v) is 5.65. The van der Waals surface area contributed by atoms with E-state index in [9.17, 15) is 4.79 Å². The molecule has 2 aliphatic heterocycles. The Hall–Kier alpha value is -3.08. The van der Waals surface area contributed by atoms with Gasteiger partial charge in [0.25, 0.3) is 0 Å². The molecule has 28 heavy (non-hydrogen) atoms. The number of methoxy groups -OCH3 is 1. The number of aromatic nitrogens is 2. The first-order valence-corrected chi connectivity index (χ1v) is 9.53. The molecule has 0 saturated carbocycles. The number of carbonyl (C=O) groups is 1. The lowest BCUT2D eigenvalue weighted by molar-refractivity contribution is -0.113. The number of hydrogen-bond donors (Lipinski definition) is 1. The van der Waals surface area contributed by atoms with Crippen molar-refractivity contribution >= 4 is 11.5 Å². The summed E-state index contributed by atoms with van der Waals surface area (Å²) in [5, 5.41) is 6.95. The summed E-state index contributed by atoms with van der Waals surface area (Å²) in [5.74, 6) is 1.27. The molecule has 0 saturated heterocycles. The number of ketones is 1. The average molecular weight is 375 g/mol. The Labute approximate surface area is 165 Å². The normalized spacial score (nSPS) is 18.4. The maximum absolute atomic E-state index is 12.1. The number of fused-ring (bicyclic) bond motifs is 3. The molecule has 0 radical (unpaired) electrons. The summed E-state index contributed by atoms with van der Waals surface area (Å²) in [5.41, 5.74) is 6.94. The predicted molar refractivity (Wildman–Crippen MR) is 111 cm³/mol. The predicted octanol–water partition coefficient (Wildman–Crippen LogP) is 4.35. The van der Waals surface area contributed by atoms with Gasteiger partial charge in [0.15, 0.2) is 5.78 Å². The zero-order valence-corrected chi connectivity index (χ0v) is 16.7. The van der Waals surface area contributed by atoms with Gasteiger partial charge in [-0.05, 0) is 48.6 Å². The van der Waals surface area contributed by atoms with Gasteiger partial charge in [0, 0.05) is 46.4 Å². The largest absolute Gasteiger partial charge is 0.496 e. The lowest BCUT2D eigenvalue weighted by atomic mass is 9.82. The van der Waals surface area contributed by atoms with Crippen molar-refractivity contribution in [3.8, 4) is 16.9 Å². The smallest absolute Gasteiger partial charge is 0.161 e. The van der Waals surface area contributed by atoms with E-state index in [1.54, 1.807) is 14.0 Å². The number of nitrogens with one attached hydrogen (secondary N) is 1. The number of carbonyl (C=O) groups excluding carboxylic acids is 1. The SMILES string of the molecule is C=C1C=C2c3cc(OC)c(-c4cn[nH]c4)cc3CC(C(C)C)N2C=C1C(C)=O. The summed E-state index contributed by atoms with van der Waals surface area (Å²) in [7, 11) is 1.69. The van der Waals surface area contributed by atoms with E-state index in [0.29, 0.717) is 11.5 Å². The van der Waals surface area contributed by atoms with Crippen LogP contribution in [0.5, 0.6) is 5.75 Å². The quantitative estimate of drug-likeness (QED) is 0.863. The average Bonchev–Trinajstić information content (AvgIpc) is 3.20. The van der Waals surface area contributed by atoms with Gasteiger partial charge in [0.2, 0.25) is 0 Å². The second kappa shape index (κ2) is 6.82. The molecule has 1 aromatic heterocycles. The van der Waals surface area contributed by atoms with Crippen LogP contribution in [0.2, 0.25) is 0 Å². The Morgan fingerprint density at radius 3 is 2.75 bits per heavy atom. The molecule has 1 aromatic carbocycles. The van der Waals surface area contributed by atoms with Gasteiger partial charge in [-0.1, -0.05) is 20.4 Å². The number of allylic oxidation sites excluding steroid dienone is 3. The van der Waals surface area contributed by atoms with Crippen molar-refractivity contribution in [1.29, 1.82) is 0 Å². The van der Waals surface area contributed by atoms with E-state index in [4.69, 9.17) is 4.74 Å². The zero-order valence-electron chi connectivity index (χ0n) is 16.7. The van der Waals surface area contributed by atoms with Gasteiger partial charge in [0.1, 0.15) is 5.75 Å². The summed E-state index contributed by atoms with van der Waals surface area (Å²) >= 11 is 0. The van der Waals surface area contributed by atoms with Crippen LogP contribution in [0, 0.1) is 5.92 Å². The highest BCUT2D eigenvalue weighted by atomic mass is 16.5. The lowest BCUT2D eigenvalue weighted by Crippen LogP contribution is -2.41. The first-order valence-electron chi connectivity index (χ1n) is 9.53. The van der Waals surface area contributed by atoms with Gasteiger partial charge in [-0.3, -0.25) is 9.89 Å². The summed E-state index contributed by atoms with van der Waals surface area (Å²) in [6.07, 6.45) is 8.59.